The monoisotopic (exact) mass is 294 g/mol. The summed E-state index contributed by atoms with van der Waals surface area (Å²) in [5.41, 5.74) is 0.582. The SMILES string of the molecule is COc1ccc(N(CC(=O)NC(C)C)C(C)=O)cc1OC. The zero-order valence-electron chi connectivity index (χ0n) is 13.1. The molecule has 1 rings (SSSR count). The van der Waals surface area contributed by atoms with Gasteiger partial charge >= 0.3 is 0 Å². The van der Waals surface area contributed by atoms with Gasteiger partial charge in [0, 0.05) is 24.7 Å². The minimum atomic E-state index is -0.221. The molecule has 0 aliphatic heterocycles. The van der Waals surface area contributed by atoms with Crippen molar-refractivity contribution in [3.8, 4) is 11.5 Å². The van der Waals surface area contributed by atoms with E-state index in [-0.39, 0.29) is 24.4 Å². The molecule has 2 amide bonds. The van der Waals surface area contributed by atoms with Crippen molar-refractivity contribution < 1.29 is 19.1 Å². The molecule has 21 heavy (non-hydrogen) atoms. The summed E-state index contributed by atoms with van der Waals surface area (Å²) in [5, 5.41) is 2.76. The van der Waals surface area contributed by atoms with E-state index >= 15 is 0 Å². The Morgan fingerprint density at radius 3 is 2.29 bits per heavy atom. The lowest BCUT2D eigenvalue weighted by Gasteiger charge is -2.22. The van der Waals surface area contributed by atoms with Gasteiger partial charge in [0.05, 0.1) is 14.2 Å². The fourth-order valence-corrected chi connectivity index (χ4v) is 1.89. The third kappa shape index (κ3) is 4.66. The topological polar surface area (TPSA) is 67.9 Å². The molecule has 1 aromatic carbocycles. The van der Waals surface area contributed by atoms with Gasteiger partial charge < -0.3 is 19.7 Å². The molecule has 0 spiro atoms. The molecule has 0 bridgehead atoms. The predicted molar refractivity (Wildman–Crippen MR) is 80.9 cm³/mol. The predicted octanol–water partition coefficient (Wildman–Crippen LogP) is 1.58. The van der Waals surface area contributed by atoms with Crippen LogP contribution in [0.4, 0.5) is 5.69 Å². The van der Waals surface area contributed by atoms with Crippen LogP contribution in [0.1, 0.15) is 20.8 Å². The average molecular weight is 294 g/mol. The number of hydrogen-bond acceptors (Lipinski definition) is 4. The molecule has 0 saturated heterocycles. The molecular weight excluding hydrogens is 272 g/mol. The first-order valence-corrected chi connectivity index (χ1v) is 6.68. The second-order valence-electron chi connectivity index (χ2n) is 4.87. The second-order valence-corrected chi connectivity index (χ2v) is 4.87. The van der Waals surface area contributed by atoms with Crippen molar-refractivity contribution in [1.82, 2.24) is 5.32 Å². The number of benzene rings is 1. The Morgan fingerprint density at radius 2 is 1.81 bits per heavy atom. The number of ether oxygens (including phenoxy) is 2. The largest absolute Gasteiger partial charge is 0.493 e. The van der Waals surface area contributed by atoms with Gasteiger partial charge in [-0.15, -0.1) is 0 Å². The van der Waals surface area contributed by atoms with Gasteiger partial charge in [-0.05, 0) is 26.0 Å². The number of carbonyl (C=O) groups is 2. The third-order valence-corrected chi connectivity index (χ3v) is 2.81. The number of hydrogen-bond donors (Lipinski definition) is 1. The highest BCUT2D eigenvalue weighted by atomic mass is 16.5. The summed E-state index contributed by atoms with van der Waals surface area (Å²) in [6.07, 6.45) is 0. The Hall–Kier alpha value is -2.24. The van der Waals surface area contributed by atoms with Gasteiger partial charge in [-0.25, -0.2) is 0 Å². The molecule has 1 aromatic rings. The summed E-state index contributed by atoms with van der Waals surface area (Å²) in [5.74, 6) is 0.637. The van der Waals surface area contributed by atoms with E-state index in [0.717, 1.165) is 0 Å². The van der Waals surface area contributed by atoms with Crippen molar-refractivity contribution in [2.75, 3.05) is 25.7 Å². The van der Waals surface area contributed by atoms with Crippen LogP contribution in [-0.4, -0.2) is 38.6 Å². The molecule has 0 radical (unpaired) electrons. The van der Waals surface area contributed by atoms with E-state index in [1.54, 1.807) is 18.2 Å². The molecule has 0 saturated carbocycles. The number of amides is 2. The first kappa shape index (κ1) is 16.8. The molecule has 0 fully saturated rings. The van der Waals surface area contributed by atoms with Crippen LogP contribution in [0, 0.1) is 0 Å². The van der Waals surface area contributed by atoms with E-state index < -0.39 is 0 Å². The molecule has 0 atom stereocenters. The number of nitrogens with one attached hydrogen (secondary N) is 1. The first-order valence-electron chi connectivity index (χ1n) is 6.68. The number of carbonyl (C=O) groups excluding carboxylic acids is 2. The quantitative estimate of drug-likeness (QED) is 0.865. The fourth-order valence-electron chi connectivity index (χ4n) is 1.89. The van der Waals surface area contributed by atoms with Crippen molar-refractivity contribution in [2.45, 2.75) is 26.8 Å². The van der Waals surface area contributed by atoms with Gasteiger partial charge in [-0.2, -0.15) is 0 Å². The lowest BCUT2D eigenvalue weighted by molar-refractivity contribution is -0.123. The highest BCUT2D eigenvalue weighted by Crippen LogP contribution is 2.31. The van der Waals surface area contributed by atoms with Crippen LogP contribution >= 0.6 is 0 Å². The lowest BCUT2D eigenvalue weighted by Crippen LogP contribution is -2.42. The standard InChI is InChI=1S/C15H22N2O4/c1-10(2)16-15(19)9-17(11(3)18)12-6-7-13(20-4)14(8-12)21-5/h6-8,10H,9H2,1-5H3,(H,16,19). The number of nitrogens with zero attached hydrogens (tertiary/aromatic N) is 1. The maximum absolute atomic E-state index is 11.9. The molecule has 0 aromatic heterocycles. The summed E-state index contributed by atoms with van der Waals surface area (Å²) in [7, 11) is 3.06. The number of methoxy groups -OCH3 is 2. The summed E-state index contributed by atoms with van der Waals surface area (Å²) < 4.78 is 10.4. The van der Waals surface area contributed by atoms with Gasteiger partial charge in [0.25, 0.3) is 0 Å². The molecule has 0 aliphatic rings. The van der Waals surface area contributed by atoms with Crippen LogP contribution in [0.15, 0.2) is 18.2 Å². The Labute approximate surface area is 125 Å². The maximum atomic E-state index is 11.9. The van der Waals surface area contributed by atoms with Gasteiger partial charge in [-0.1, -0.05) is 0 Å². The highest BCUT2D eigenvalue weighted by Gasteiger charge is 2.18. The van der Waals surface area contributed by atoms with Crippen LogP contribution < -0.4 is 19.7 Å². The van der Waals surface area contributed by atoms with Crippen molar-refractivity contribution in [3.05, 3.63) is 18.2 Å². The van der Waals surface area contributed by atoms with E-state index in [0.29, 0.717) is 17.2 Å². The number of rotatable bonds is 6. The van der Waals surface area contributed by atoms with E-state index in [4.69, 9.17) is 9.47 Å². The fraction of sp³-hybridized carbons (Fsp3) is 0.467. The number of anilines is 1. The minimum absolute atomic E-state index is 0.0247. The molecule has 0 aliphatic carbocycles. The second kappa shape index (κ2) is 7.52. The van der Waals surface area contributed by atoms with Gasteiger partial charge in [0.2, 0.25) is 11.8 Å². The van der Waals surface area contributed by atoms with E-state index in [1.165, 1.54) is 26.0 Å². The van der Waals surface area contributed by atoms with Crippen molar-refractivity contribution in [1.29, 1.82) is 0 Å². The van der Waals surface area contributed by atoms with Gasteiger partial charge in [0.15, 0.2) is 11.5 Å². The van der Waals surface area contributed by atoms with E-state index in [2.05, 4.69) is 5.32 Å². The zero-order chi connectivity index (χ0) is 16.0. The van der Waals surface area contributed by atoms with Crippen LogP contribution in [0.5, 0.6) is 11.5 Å². The van der Waals surface area contributed by atoms with Crippen LogP contribution in [-0.2, 0) is 9.59 Å². The van der Waals surface area contributed by atoms with E-state index in [1.807, 2.05) is 13.8 Å². The molecule has 0 unspecified atom stereocenters. The van der Waals surface area contributed by atoms with Gasteiger partial charge in [0.1, 0.15) is 6.54 Å². The highest BCUT2D eigenvalue weighted by molar-refractivity contribution is 5.97. The average Bonchev–Trinajstić information content (AvgIpc) is 2.43. The summed E-state index contributed by atoms with van der Waals surface area (Å²) in [4.78, 5) is 25.0. The van der Waals surface area contributed by atoms with Crippen LogP contribution in [0.3, 0.4) is 0 Å². The van der Waals surface area contributed by atoms with Crippen LogP contribution in [0.2, 0.25) is 0 Å². The van der Waals surface area contributed by atoms with Crippen molar-refractivity contribution in [3.63, 3.8) is 0 Å². The normalized spacial score (nSPS) is 10.2. The molecule has 6 nitrogen and oxygen atoms in total. The molecule has 0 heterocycles. The van der Waals surface area contributed by atoms with E-state index in [9.17, 15) is 9.59 Å². The summed E-state index contributed by atoms with van der Waals surface area (Å²) >= 11 is 0. The molecule has 1 N–H and O–H groups in total. The zero-order valence-corrected chi connectivity index (χ0v) is 13.1. The molecule has 6 heteroatoms. The Morgan fingerprint density at radius 1 is 1.19 bits per heavy atom. The Bertz CT molecular complexity index is 514. The van der Waals surface area contributed by atoms with Crippen LogP contribution in [0.25, 0.3) is 0 Å². The third-order valence-electron chi connectivity index (χ3n) is 2.81. The van der Waals surface area contributed by atoms with Crippen molar-refractivity contribution >= 4 is 17.5 Å². The smallest absolute Gasteiger partial charge is 0.240 e. The summed E-state index contributed by atoms with van der Waals surface area (Å²) in [6.45, 7) is 5.11. The Balaban J connectivity index is 3.01. The molecule has 116 valence electrons. The first-order chi connectivity index (χ1) is 9.88. The molecular formula is C15H22N2O4. The summed E-state index contributed by atoms with van der Waals surface area (Å²) in [6, 6.07) is 5.11. The van der Waals surface area contributed by atoms with Gasteiger partial charge in [-0.3, -0.25) is 9.59 Å². The minimum Gasteiger partial charge on any atom is -0.493 e. The van der Waals surface area contributed by atoms with Crippen molar-refractivity contribution in [2.24, 2.45) is 0 Å². The maximum Gasteiger partial charge on any atom is 0.240 e. The lowest BCUT2D eigenvalue weighted by atomic mass is 10.2. The Kier molecular flexibility index (Phi) is 6.02.